The molecule has 1 atom stereocenters. The monoisotopic (exact) mass is 296 g/mol. The second-order valence-electron chi connectivity index (χ2n) is 4.91. The normalized spacial score (nSPS) is 10.9. The van der Waals surface area contributed by atoms with Crippen LogP contribution in [0.25, 0.3) is 10.8 Å². The van der Waals surface area contributed by atoms with Gasteiger partial charge < -0.3 is 0 Å². The molecule has 20 heavy (non-hydrogen) atoms. The van der Waals surface area contributed by atoms with Crippen molar-refractivity contribution in [2.75, 3.05) is 0 Å². The second kappa shape index (κ2) is 5.99. The van der Waals surface area contributed by atoms with Crippen LogP contribution in [0.15, 0.2) is 65.6 Å². The van der Waals surface area contributed by atoms with Crippen LogP contribution in [-0.4, -0.2) is 0 Å². The van der Waals surface area contributed by atoms with Gasteiger partial charge in [-0.2, -0.15) is 0 Å². The number of aryl methyl sites for hydroxylation is 1. The summed E-state index contributed by atoms with van der Waals surface area (Å²) in [7, 11) is 2.85. The van der Waals surface area contributed by atoms with Gasteiger partial charge in [-0.25, -0.2) is 0 Å². The van der Waals surface area contributed by atoms with Crippen molar-refractivity contribution < 1.29 is 0 Å². The molecule has 1 unspecified atom stereocenters. The van der Waals surface area contributed by atoms with Crippen molar-refractivity contribution in [3.63, 3.8) is 0 Å². The van der Waals surface area contributed by atoms with Crippen LogP contribution in [0.1, 0.15) is 11.1 Å². The third-order valence-electron chi connectivity index (χ3n) is 3.57. The minimum atomic E-state index is 1.01. The molecule has 0 fully saturated rings. The van der Waals surface area contributed by atoms with E-state index in [4.69, 9.17) is 0 Å². The zero-order chi connectivity index (χ0) is 13.9. The Morgan fingerprint density at radius 1 is 0.900 bits per heavy atom. The van der Waals surface area contributed by atoms with Gasteiger partial charge in [0, 0.05) is 10.6 Å². The average Bonchev–Trinajstić information content (AvgIpc) is 2.47. The van der Waals surface area contributed by atoms with Crippen molar-refractivity contribution in [2.24, 2.45) is 0 Å². The lowest BCUT2D eigenvalue weighted by atomic mass is 10.1. The van der Waals surface area contributed by atoms with Gasteiger partial charge in [0.05, 0.1) is 0 Å². The third kappa shape index (κ3) is 2.75. The van der Waals surface area contributed by atoms with Crippen molar-refractivity contribution in [1.82, 2.24) is 0 Å². The summed E-state index contributed by atoms with van der Waals surface area (Å²) >= 11 is 1.92. The number of fused-ring (bicyclic) bond motifs is 1. The van der Waals surface area contributed by atoms with E-state index in [-0.39, 0.29) is 0 Å². The molecular formula is C18H17PS. The number of thioether (sulfide) groups is 1. The van der Waals surface area contributed by atoms with Crippen LogP contribution < -0.4 is 5.30 Å². The summed E-state index contributed by atoms with van der Waals surface area (Å²) in [6, 6.07) is 21.6. The maximum Gasteiger partial charge on any atom is 0.0240 e. The minimum absolute atomic E-state index is 1.01. The van der Waals surface area contributed by atoms with E-state index in [0.29, 0.717) is 0 Å². The smallest absolute Gasteiger partial charge is 0.0240 e. The van der Waals surface area contributed by atoms with Crippen LogP contribution in [0.3, 0.4) is 0 Å². The highest BCUT2D eigenvalue weighted by Gasteiger charge is 2.05. The fraction of sp³-hybridized carbons (Fsp3) is 0.111. The maximum absolute atomic E-state index is 2.85. The summed E-state index contributed by atoms with van der Waals surface area (Å²) in [5, 5.41) is 3.96. The second-order valence-corrected chi connectivity index (χ2v) is 6.55. The molecule has 0 radical (unpaired) electrons. The Hall–Kier alpha value is -1.30. The van der Waals surface area contributed by atoms with Crippen molar-refractivity contribution >= 4 is 37.1 Å². The van der Waals surface area contributed by atoms with Crippen LogP contribution >= 0.6 is 21.0 Å². The summed E-state index contributed by atoms with van der Waals surface area (Å²) in [6.45, 7) is 2.19. The van der Waals surface area contributed by atoms with E-state index >= 15 is 0 Å². The van der Waals surface area contributed by atoms with Crippen LogP contribution in [0.5, 0.6) is 0 Å². The van der Waals surface area contributed by atoms with Gasteiger partial charge in [0.25, 0.3) is 0 Å². The first-order valence-electron chi connectivity index (χ1n) is 6.70. The van der Waals surface area contributed by atoms with Gasteiger partial charge in [-0.15, -0.1) is 21.0 Å². The highest BCUT2D eigenvalue weighted by atomic mass is 32.2. The molecule has 0 amide bonds. The van der Waals surface area contributed by atoms with Gasteiger partial charge in [0.2, 0.25) is 0 Å². The summed E-state index contributed by atoms with van der Waals surface area (Å²) in [4.78, 5) is 1.36. The Kier molecular flexibility index (Phi) is 4.10. The Balaban J connectivity index is 1.91. The predicted molar refractivity (Wildman–Crippen MR) is 94.0 cm³/mol. The summed E-state index contributed by atoms with van der Waals surface area (Å²) in [6.07, 6.45) is 0. The van der Waals surface area contributed by atoms with E-state index in [1.165, 1.54) is 32.1 Å². The van der Waals surface area contributed by atoms with E-state index < -0.39 is 0 Å². The summed E-state index contributed by atoms with van der Waals surface area (Å²) in [5.74, 6) is 1.01. The average molecular weight is 296 g/mol. The molecule has 3 rings (SSSR count). The van der Waals surface area contributed by atoms with E-state index in [2.05, 4.69) is 76.8 Å². The largest absolute Gasteiger partial charge is 0.121 e. The molecule has 0 spiro atoms. The van der Waals surface area contributed by atoms with Gasteiger partial charge in [-0.05, 0) is 40.2 Å². The Morgan fingerprint density at radius 3 is 2.50 bits per heavy atom. The number of rotatable bonds is 3. The van der Waals surface area contributed by atoms with E-state index in [0.717, 1.165) is 5.75 Å². The lowest BCUT2D eigenvalue weighted by Gasteiger charge is -2.10. The Bertz CT molecular complexity index is 724. The lowest BCUT2D eigenvalue weighted by molar-refractivity contribution is 1.33. The van der Waals surface area contributed by atoms with Gasteiger partial charge in [-0.3, -0.25) is 0 Å². The van der Waals surface area contributed by atoms with Crippen molar-refractivity contribution in [3.05, 3.63) is 71.8 Å². The van der Waals surface area contributed by atoms with Gasteiger partial charge in [-0.1, -0.05) is 54.6 Å². The van der Waals surface area contributed by atoms with Gasteiger partial charge >= 0.3 is 0 Å². The van der Waals surface area contributed by atoms with E-state index in [9.17, 15) is 0 Å². The van der Waals surface area contributed by atoms with Crippen molar-refractivity contribution in [1.29, 1.82) is 0 Å². The lowest BCUT2D eigenvalue weighted by Crippen LogP contribution is -2.02. The molecule has 0 heterocycles. The van der Waals surface area contributed by atoms with Crippen LogP contribution in [0.4, 0.5) is 0 Å². The molecule has 0 bridgehead atoms. The first-order chi connectivity index (χ1) is 9.75. The Morgan fingerprint density at radius 2 is 1.65 bits per heavy atom. The molecule has 0 N–H and O–H groups in total. The topological polar surface area (TPSA) is 0 Å². The van der Waals surface area contributed by atoms with Gasteiger partial charge in [0.1, 0.15) is 0 Å². The molecule has 3 aromatic rings. The van der Waals surface area contributed by atoms with Crippen LogP contribution in [0, 0.1) is 6.92 Å². The van der Waals surface area contributed by atoms with E-state index in [1.54, 1.807) is 0 Å². The molecule has 3 aromatic carbocycles. The molecule has 0 saturated heterocycles. The van der Waals surface area contributed by atoms with Crippen molar-refractivity contribution in [3.8, 4) is 0 Å². The summed E-state index contributed by atoms with van der Waals surface area (Å²) in [5.41, 5.74) is 2.79. The molecule has 0 aliphatic heterocycles. The van der Waals surface area contributed by atoms with E-state index in [1.807, 2.05) is 11.8 Å². The number of hydrogen-bond donors (Lipinski definition) is 0. The van der Waals surface area contributed by atoms with Crippen LogP contribution in [-0.2, 0) is 5.75 Å². The summed E-state index contributed by atoms with van der Waals surface area (Å²) < 4.78 is 0. The Labute approximate surface area is 126 Å². The van der Waals surface area contributed by atoms with Crippen molar-refractivity contribution in [2.45, 2.75) is 17.6 Å². The number of benzene rings is 3. The molecule has 2 heteroatoms. The van der Waals surface area contributed by atoms with Gasteiger partial charge in [0.15, 0.2) is 0 Å². The molecule has 0 aliphatic rings. The minimum Gasteiger partial charge on any atom is -0.121 e. The molecular weight excluding hydrogens is 279 g/mol. The molecule has 0 saturated carbocycles. The third-order valence-corrected chi connectivity index (χ3v) is 5.21. The zero-order valence-corrected chi connectivity index (χ0v) is 13.4. The first-order valence-corrected chi connectivity index (χ1v) is 8.26. The van der Waals surface area contributed by atoms with Crippen LogP contribution in [0.2, 0.25) is 0 Å². The highest BCUT2D eigenvalue weighted by molar-refractivity contribution is 7.98. The SMILES string of the molecule is Cc1cccc(P)c1CSc1cccc2ccccc12. The molecule has 0 aromatic heterocycles. The zero-order valence-electron chi connectivity index (χ0n) is 11.5. The number of hydrogen-bond acceptors (Lipinski definition) is 1. The quantitative estimate of drug-likeness (QED) is 0.487. The standard InChI is InChI=1S/C18H17PS/c1-13-6-4-10-17(19)16(13)12-20-18-11-5-8-14-7-2-3-9-15(14)18/h2-11H,12,19H2,1H3. The fourth-order valence-corrected chi connectivity index (χ4v) is 4.19. The molecule has 0 aliphatic carbocycles. The molecule has 0 nitrogen and oxygen atoms in total. The first kappa shape index (κ1) is 13.7. The fourth-order valence-electron chi connectivity index (χ4n) is 2.39. The predicted octanol–water partition coefficient (Wildman–Crippen LogP) is 4.94. The highest BCUT2D eigenvalue weighted by Crippen LogP contribution is 2.30. The molecule has 100 valence electrons. The maximum atomic E-state index is 2.85.